The van der Waals surface area contributed by atoms with Crippen LogP contribution in [0.3, 0.4) is 0 Å². The monoisotopic (exact) mass is 174 g/mol. The van der Waals surface area contributed by atoms with Gasteiger partial charge in [-0.05, 0) is 0 Å². The molecule has 0 saturated carbocycles. The van der Waals surface area contributed by atoms with Gasteiger partial charge >= 0.3 is 29.6 Å². The van der Waals surface area contributed by atoms with Gasteiger partial charge in [0.2, 0.25) is 0 Å². The third-order valence-corrected chi connectivity index (χ3v) is 3.00. The predicted octanol–water partition coefficient (Wildman–Crippen LogP) is -3.91. The Morgan fingerprint density at radius 2 is 1.70 bits per heavy atom. The number of nitrogens with zero attached hydrogens (tertiary/aromatic N) is 2. The second kappa shape index (κ2) is 2.87. The SMILES string of the molecule is [2H]C1([2H])CN1P(=O)([O-])N1CC1([2H])[2H].[Na+]. The molecule has 0 aliphatic carbocycles. The van der Waals surface area contributed by atoms with Crippen LogP contribution in [0.2, 0.25) is 0 Å². The standard InChI is InChI=1S/C4H9N2O2P.Na/c7-9(8,5-1-2-5)6-3-4-6;/h1-4H2,(H,7,8);/q;+1/p-1/i1D2,3D2;. The van der Waals surface area contributed by atoms with Gasteiger partial charge in [0.25, 0.3) is 0 Å². The van der Waals surface area contributed by atoms with Gasteiger partial charge in [0, 0.05) is 31.6 Å². The van der Waals surface area contributed by atoms with Crippen LogP contribution >= 0.6 is 7.67 Å². The Labute approximate surface area is 87.7 Å². The van der Waals surface area contributed by atoms with Crippen molar-refractivity contribution in [3.8, 4) is 0 Å². The molecule has 6 heteroatoms. The van der Waals surface area contributed by atoms with Crippen molar-refractivity contribution in [3.05, 3.63) is 0 Å². The predicted molar refractivity (Wildman–Crippen MR) is 30.8 cm³/mol. The molecule has 52 valence electrons. The zero-order valence-corrected chi connectivity index (χ0v) is 8.47. The molecule has 2 atom stereocenters. The quantitative estimate of drug-likeness (QED) is 0.244. The van der Waals surface area contributed by atoms with Gasteiger partial charge in [0.1, 0.15) is 7.67 Å². The molecule has 0 aromatic carbocycles. The number of rotatable bonds is 2. The van der Waals surface area contributed by atoms with E-state index in [0.29, 0.717) is 9.34 Å². The Bertz CT molecular complexity index is 288. The van der Waals surface area contributed by atoms with Crippen LogP contribution in [0.25, 0.3) is 0 Å². The molecule has 2 rings (SSSR count). The molecule has 2 fully saturated rings. The molecule has 10 heavy (non-hydrogen) atoms. The summed E-state index contributed by atoms with van der Waals surface area (Å²) in [4.78, 5) is 11.4. The van der Waals surface area contributed by atoms with Crippen LogP contribution < -0.4 is 34.5 Å². The van der Waals surface area contributed by atoms with Crippen molar-refractivity contribution in [1.29, 1.82) is 0 Å². The van der Waals surface area contributed by atoms with E-state index in [1.165, 1.54) is 0 Å². The maximum Gasteiger partial charge on any atom is 1.00 e. The summed E-state index contributed by atoms with van der Waals surface area (Å²) in [5, 5.41) is 0. The van der Waals surface area contributed by atoms with Gasteiger partial charge in [0.15, 0.2) is 0 Å². The van der Waals surface area contributed by atoms with E-state index in [9.17, 15) is 9.46 Å². The topological polar surface area (TPSA) is 46.1 Å². The first kappa shape index (κ1) is 4.97. The molecule has 2 aliphatic rings. The van der Waals surface area contributed by atoms with Crippen molar-refractivity contribution in [1.82, 2.24) is 9.34 Å². The van der Waals surface area contributed by atoms with Crippen LogP contribution in [-0.2, 0) is 4.57 Å². The summed E-state index contributed by atoms with van der Waals surface area (Å²) < 4.78 is 41.1. The molecular formula is C4H8N2NaO2P. The van der Waals surface area contributed by atoms with Gasteiger partial charge in [-0.3, -0.25) is 0 Å². The van der Waals surface area contributed by atoms with Crippen molar-refractivity contribution in [2.75, 3.05) is 26.1 Å². The number of hydrogen-bond acceptors (Lipinski definition) is 2. The summed E-state index contributed by atoms with van der Waals surface area (Å²) in [5.41, 5.74) is 0. The zero-order chi connectivity index (χ0) is 10.1. The average Bonchev–Trinajstić information content (AvgIpc) is 2.71. The first-order chi connectivity index (χ1) is 5.68. The molecule has 2 aliphatic heterocycles. The van der Waals surface area contributed by atoms with Crippen molar-refractivity contribution in [2.24, 2.45) is 0 Å². The smallest absolute Gasteiger partial charge is 0.776 e. The second-order valence-electron chi connectivity index (χ2n) is 1.92. The minimum atomic E-state index is -4.19. The molecule has 0 amide bonds. The van der Waals surface area contributed by atoms with Crippen molar-refractivity contribution < 1.29 is 44.5 Å². The molecule has 0 aromatic rings. The van der Waals surface area contributed by atoms with E-state index in [4.69, 9.17) is 5.48 Å². The second-order valence-corrected chi connectivity index (χ2v) is 3.87. The largest absolute Gasteiger partial charge is 1.00 e. The molecule has 0 bridgehead atoms. The maximum absolute atomic E-state index is 11.4. The van der Waals surface area contributed by atoms with Gasteiger partial charge in [-0.15, -0.1) is 0 Å². The van der Waals surface area contributed by atoms with Crippen LogP contribution in [0.4, 0.5) is 0 Å². The van der Waals surface area contributed by atoms with E-state index in [2.05, 4.69) is 0 Å². The van der Waals surface area contributed by atoms with E-state index in [1.807, 2.05) is 0 Å². The molecule has 2 heterocycles. The average molecular weight is 174 g/mol. The van der Waals surface area contributed by atoms with Gasteiger partial charge in [-0.2, -0.15) is 0 Å². The van der Waals surface area contributed by atoms with Gasteiger partial charge in [-0.25, -0.2) is 9.34 Å². The van der Waals surface area contributed by atoms with E-state index in [0.717, 1.165) is 0 Å². The van der Waals surface area contributed by atoms with Crippen molar-refractivity contribution in [3.63, 3.8) is 0 Å². The summed E-state index contributed by atoms with van der Waals surface area (Å²) in [7, 11) is -4.19. The normalized spacial score (nSPS) is 57.3. The third-order valence-electron chi connectivity index (χ3n) is 1.21. The minimum absolute atomic E-state index is 0. The van der Waals surface area contributed by atoms with Crippen molar-refractivity contribution in [2.45, 2.75) is 0 Å². The molecular weight excluding hydrogens is 162 g/mol. The molecule has 0 N–H and O–H groups in total. The first-order valence-corrected chi connectivity index (χ1v) is 4.08. The Morgan fingerprint density at radius 1 is 1.40 bits per heavy atom. The molecule has 2 saturated heterocycles. The summed E-state index contributed by atoms with van der Waals surface area (Å²) in [6.07, 6.45) is 0. The van der Waals surface area contributed by atoms with Crippen molar-refractivity contribution >= 4 is 7.67 Å². The summed E-state index contributed by atoms with van der Waals surface area (Å²) in [5.74, 6) is 0. The van der Waals surface area contributed by atoms with E-state index >= 15 is 0 Å². The van der Waals surface area contributed by atoms with E-state index in [-0.39, 0.29) is 42.6 Å². The summed E-state index contributed by atoms with van der Waals surface area (Å²) in [6, 6.07) is 0. The molecule has 4 nitrogen and oxygen atoms in total. The van der Waals surface area contributed by atoms with Crippen LogP contribution in [0.1, 0.15) is 5.48 Å². The fraction of sp³-hybridized carbons (Fsp3) is 1.00. The van der Waals surface area contributed by atoms with Gasteiger partial charge < -0.3 is 9.46 Å². The fourth-order valence-corrected chi connectivity index (χ4v) is 1.65. The maximum atomic E-state index is 11.4. The zero-order valence-electron chi connectivity index (χ0n) is 9.57. The Morgan fingerprint density at radius 3 is 1.90 bits per heavy atom. The minimum Gasteiger partial charge on any atom is -0.776 e. The van der Waals surface area contributed by atoms with Crippen LogP contribution in [0.5, 0.6) is 0 Å². The Hall–Kier alpha value is 1.11. The molecule has 0 spiro atoms. The van der Waals surface area contributed by atoms with E-state index < -0.39 is 20.7 Å². The van der Waals surface area contributed by atoms with Crippen LogP contribution in [-0.4, -0.2) is 35.4 Å². The first-order valence-electron chi connectivity index (χ1n) is 4.55. The van der Waals surface area contributed by atoms with Gasteiger partial charge in [-0.1, -0.05) is 0 Å². The molecule has 0 radical (unpaired) electrons. The Balaban J connectivity index is 0.000000980. The van der Waals surface area contributed by atoms with Crippen LogP contribution in [0.15, 0.2) is 0 Å². The fourth-order valence-electron chi connectivity index (χ4n) is 0.551. The Kier molecular flexibility index (Phi) is 1.43. The third kappa shape index (κ3) is 1.64. The molecule has 0 aromatic heterocycles. The van der Waals surface area contributed by atoms with E-state index in [1.54, 1.807) is 0 Å². The summed E-state index contributed by atoms with van der Waals surface area (Å²) in [6.45, 7) is -3.95. The van der Waals surface area contributed by atoms with Gasteiger partial charge in [0.05, 0.1) is 0 Å². The van der Waals surface area contributed by atoms with Crippen LogP contribution in [0, 0.1) is 0 Å². The molecule has 2 unspecified atom stereocenters. The number of hydrogen-bond donors (Lipinski definition) is 0. The summed E-state index contributed by atoms with van der Waals surface area (Å²) >= 11 is 0.